The third-order valence-electron chi connectivity index (χ3n) is 5.69. The number of carbonyl (C=O) groups excluding carboxylic acids is 1. The van der Waals surface area contributed by atoms with Crippen molar-refractivity contribution in [3.05, 3.63) is 29.8 Å². The van der Waals surface area contributed by atoms with Crippen LogP contribution in [0.4, 0.5) is 5.69 Å². The van der Waals surface area contributed by atoms with E-state index in [1.165, 1.54) is 36.4 Å². The highest BCUT2D eigenvalue weighted by molar-refractivity contribution is 7.93. The summed E-state index contributed by atoms with van der Waals surface area (Å²) >= 11 is 0. The van der Waals surface area contributed by atoms with Gasteiger partial charge in [-0.1, -0.05) is 19.3 Å². The Morgan fingerprint density at radius 3 is 2.48 bits per heavy atom. The Labute approximate surface area is 163 Å². The second-order valence-corrected chi connectivity index (χ2v) is 9.68. The minimum Gasteiger partial charge on any atom is -0.352 e. The van der Waals surface area contributed by atoms with Crippen LogP contribution in [0.3, 0.4) is 0 Å². The molecule has 0 radical (unpaired) electrons. The van der Waals surface area contributed by atoms with Crippen molar-refractivity contribution in [2.45, 2.75) is 51.0 Å². The van der Waals surface area contributed by atoms with Crippen molar-refractivity contribution in [2.75, 3.05) is 36.7 Å². The van der Waals surface area contributed by atoms with Gasteiger partial charge >= 0.3 is 0 Å². The van der Waals surface area contributed by atoms with Gasteiger partial charge in [0.2, 0.25) is 10.0 Å². The van der Waals surface area contributed by atoms with Crippen molar-refractivity contribution in [3.8, 4) is 0 Å². The number of benzene rings is 1. The van der Waals surface area contributed by atoms with Crippen LogP contribution in [-0.2, 0) is 10.0 Å². The van der Waals surface area contributed by atoms with Crippen LogP contribution in [-0.4, -0.2) is 57.7 Å². The highest BCUT2D eigenvalue weighted by atomic mass is 32.2. The lowest BCUT2D eigenvalue weighted by molar-refractivity contribution is 0.0950. The molecule has 0 atom stereocenters. The smallest absolute Gasteiger partial charge is 0.251 e. The standard InChI is InChI=1S/C20H31N3O3S/c1-22(18-7-3-2-4-8-18)14-5-13-21-20(24)17-9-11-19(12-10-17)23-15-6-16-27(23,25)26/h9-12,18H,2-8,13-16H2,1H3,(H,21,24). The van der Waals surface area contributed by atoms with Crippen LogP contribution in [0.25, 0.3) is 0 Å². The van der Waals surface area contributed by atoms with Gasteiger partial charge < -0.3 is 10.2 Å². The molecule has 0 spiro atoms. The molecule has 0 aromatic heterocycles. The van der Waals surface area contributed by atoms with Crippen molar-refractivity contribution in [1.82, 2.24) is 10.2 Å². The average molecular weight is 394 g/mol. The van der Waals surface area contributed by atoms with Gasteiger partial charge in [-0.25, -0.2) is 8.42 Å². The molecular formula is C20H31N3O3S. The molecule has 150 valence electrons. The minimum atomic E-state index is -3.18. The molecule has 0 unspecified atom stereocenters. The number of nitrogens with one attached hydrogen (secondary N) is 1. The SMILES string of the molecule is CN(CCCNC(=O)c1ccc(N2CCCS2(=O)=O)cc1)C1CCCCC1. The van der Waals surface area contributed by atoms with E-state index >= 15 is 0 Å². The van der Waals surface area contributed by atoms with E-state index < -0.39 is 10.0 Å². The van der Waals surface area contributed by atoms with Crippen molar-refractivity contribution in [3.63, 3.8) is 0 Å². The molecule has 1 aromatic rings. The highest BCUT2D eigenvalue weighted by Gasteiger charge is 2.28. The van der Waals surface area contributed by atoms with Crippen molar-refractivity contribution >= 4 is 21.6 Å². The van der Waals surface area contributed by atoms with E-state index in [-0.39, 0.29) is 11.7 Å². The molecule has 2 aliphatic rings. The van der Waals surface area contributed by atoms with Crippen LogP contribution < -0.4 is 9.62 Å². The number of rotatable bonds is 7. The summed E-state index contributed by atoms with van der Waals surface area (Å²) in [5.74, 6) is 0.0935. The quantitative estimate of drug-likeness (QED) is 0.723. The molecule has 1 aliphatic carbocycles. The molecule has 1 saturated carbocycles. The Bertz CT molecular complexity index is 727. The summed E-state index contributed by atoms with van der Waals surface area (Å²) in [4.78, 5) is 14.7. The normalized spacial score (nSPS) is 20.1. The van der Waals surface area contributed by atoms with Gasteiger partial charge in [-0.05, 0) is 63.5 Å². The molecular weight excluding hydrogens is 362 g/mol. The van der Waals surface area contributed by atoms with Gasteiger partial charge in [0.05, 0.1) is 11.4 Å². The lowest BCUT2D eigenvalue weighted by atomic mass is 9.94. The third-order valence-corrected chi connectivity index (χ3v) is 7.56. The van der Waals surface area contributed by atoms with Crippen LogP contribution in [0, 0.1) is 0 Å². The first-order valence-corrected chi connectivity index (χ1v) is 11.7. The summed E-state index contributed by atoms with van der Waals surface area (Å²) in [6, 6.07) is 7.53. The maximum Gasteiger partial charge on any atom is 0.251 e. The molecule has 1 saturated heterocycles. The number of hydrogen-bond acceptors (Lipinski definition) is 4. The largest absolute Gasteiger partial charge is 0.352 e. The van der Waals surface area contributed by atoms with Gasteiger partial charge in [0, 0.05) is 24.7 Å². The van der Waals surface area contributed by atoms with Crippen LogP contribution in [0.1, 0.15) is 55.3 Å². The van der Waals surface area contributed by atoms with E-state index in [9.17, 15) is 13.2 Å². The molecule has 2 fully saturated rings. The van der Waals surface area contributed by atoms with E-state index in [1.807, 2.05) is 0 Å². The van der Waals surface area contributed by atoms with Crippen molar-refractivity contribution < 1.29 is 13.2 Å². The first kappa shape index (κ1) is 20.1. The Morgan fingerprint density at radius 2 is 1.85 bits per heavy atom. The van der Waals surface area contributed by atoms with Crippen molar-refractivity contribution in [1.29, 1.82) is 0 Å². The molecule has 27 heavy (non-hydrogen) atoms. The zero-order chi connectivity index (χ0) is 19.3. The fourth-order valence-electron chi connectivity index (χ4n) is 4.05. The van der Waals surface area contributed by atoms with E-state index in [4.69, 9.17) is 0 Å². The second-order valence-electron chi connectivity index (χ2n) is 7.67. The summed E-state index contributed by atoms with van der Waals surface area (Å²) in [6.07, 6.45) is 8.20. The molecule has 1 aliphatic heterocycles. The van der Waals surface area contributed by atoms with Gasteiger partial charge in [-0.2, -0.15) is 0 Å². The minimum absolute atomic E-state index is 0.105. The van der Waals surface area contributed by atoms with Gasteiger partial charge in [0.1, 0.15) is 0 Å². The van der Waals surface area contributed by atoms with Gasteiger partial charge in [-0.15, -0.1) is 0 Å². The number of hydrogen-bond donors (Lipinski definition) is 1. The molecule has 1 amide bonds. The third kappa shape index (κ3) is 5.23. The maximum absolute atomic E-state index is 12.3. The Morgan fingerprint density at radius 1 is 1.15 bits per heavy atom. The van der Waals surface area contributed by atoms with Gasteiger partial charge in [0.25, 0.3) is 5.91 Å². The van der Waals surface area contributed by atoms with Crippen LogP contribution >= 0.6 is 0 Å². The van der Waals surface area contributed by atoms with Crippen molar-refractivity contribution in [2.24, 2.45) is 0 Å². The van der Waals surface area contributed by atoms with E-state index in [1.54, 1.807) is 24.3 Å². The number of sulfonamides is 1. The predicted octanol–water partition coefficient (Wildman–Crippen LogP) is 2.61. The second kappa shape index (κ2) is 9.06. The predicted molar refractivity (Wildman–Crippen MR) is 109 cm³/mol. The topological polar surface area (TPSA) is 69.7 Å². The number of amides is 1. The summed E-state index contributed by atoms with van der Waals surface area (Å²) in [5, 5.41) is 2.97. The van der Waals surface area contributed by atoms with E-state index in [2.05, 4.69) is 17.3 Å². The molecule has 1 aromatic carbocycles. The summed E-state index contributed by atoms with van der Waals surface area (Å²) in [6.45, 7) is 2.16. The maximum atomic E-state index is 12.3. The first-order chi connectivity index (χ1) is 13.0. The van der Waals surface area contributed by atoms with Gasteiger partial charge in [0.15, 0.2) is 0 Å². The van der Waals surface area contributed by atoms with Gasteiger partial charge in [-0.3, -0.25) is 9.10 Å². The molecule has 1 N–H and O–H groups in total. The summed E-state index contributed by atoms with van der Waals surface area (Å²) in [7, 11) is -0.997. The summed E-state index contributed by atoms with van der Waals surface area (Å²) in [5.41, 5.74) is 1.20. The fourth-order valence-corrected chi connectivity index (χ4v) is 5.61. The zero-order valence-electron chi connectivity index (χ0n) is 16.2. The van der Waals surface area contributed by atoms with Crippen LogP contribution in [0.5, 0.6) is 0 Å². The Hall–Kier alpha value is -1.60. The van der Waals surface area contributed by atoms with Crippen LogP contribution in [0.15, 0.2) is 24.3 Å². The average Bonchev–Trinajstić information content (AvgIpc) is 3.04. The number of anilines is 1. The van der Waals surface area contributed by atoms with Crippen LogP contribution in [0.2, 0.25) is 0 Å². The fraction of sp³-hybridized carbons (Fsp3) is 0.650. The molecule has 6 nitrogen and oxygen atoms in total. The van der Waals surface area contributed by atoms with E-state index in [0.717, 1.165) is 13.0 Å². The summed E-state index contributed by atoms with van der Waals surface area (Å²) < 4.78 is 25.4. The number of carbonyl (C=O) groups is 1. The molecule has 3 rings (SSSR count). The first-order valence-electron chi connectivity index (χ1n) is 10.1. The number of nitrogens with zero attached hydrogens (tertiary/aromatic N) is 2. The molecule has 7 heteroatoms. The molecule has 0 bridgehead atoms. The zero-order valence-corrected chi connectivity index (χ0v) is 17.0. The van der Waals surface area contributed by atoms with E-state index in [0.29, 0.717) is 36.8 Å². The lowest BCUT2D eigenvalue weighted by Crippen LogP contribution is -2.35. The monoisotopic (exact) mass is 393 g/mol. The Balaban J connectivity index is 1.43. The highest BCUT2D eigenvalue weighted by Crippen LogP contribution is 2.24. The lowest BCUT2D eigenvalue weighted by Gasteiger charge is -2.31. The Kier molecular flexibility index (Phi) is 6.76. The molecule has 1 heterocycles.